The molecule has 0 aromatic rings. The molecular weight excluding hydrogens is 162 g/mol. The highest BCUT2D eigenvalue weighted by Crippen LogP contribution is 2.49. The Morgan fingerprint density at radius 3 is 2.46 bits per heavy atom. The number of nitrogens with one attached hydrogen (secondary N) is 1. The predicted octanol–water partition coefficient (Wildman–Crippen LogP) is 2.09. The summed E-state index contributed by atoms with van der Waals surface area (Å²) in [5, 5.41) is 3.16. The van der Waals surface area contributed by atoms with Crippen molar-refractivity contribution in [3.05, 3.63) is 0 Å². The molecule has 1 amide bonds. The lowest BCUT2D eigenvalue weighted by Gasteiger charge is -2.34. The Kier molecular flexibility index (Phi) is 2.09. The molecule has 2 nitrogen and oxygen atoms in total. The molecule has 2 heteroatoms. The highest BCUT2D eigenvalue weighted by molar-refractivity contribution is 5.85. The van der Waals surface area contributed by atoms with Gasteiger partial charge in [0, 0.05) is 11.5 Å². The van der Waals surface area contributed by atoms with Gasteiger partial charge in [-0.15, -0.1) is 0 Å². The molecule has 0 aliphatic heterocycles. The van der Waals surface area contributed by atoms with E-state index in [1.54, 1.807) is 0 Å². The maximum absolute atomic E-state index is 11.8. The molecule has 0 heterocycles. The molecule has 0 unspecified atom stereocenters. The van der Waals surface area contributed by atoms with E-state index < -0.39 is 0 Å². The Morgan fingerprint density at radius 1 is 1.46 bits per heavy atom. The summed E-state index contributed by atoms with van der Waals surface area (Å²) < 4.78 is 0. The molecule has 13 heavy (non-hydrogen) atoms. The van der Waals surface area contributed by atoms with E-state index in [1.165, 1.54) is 12.8 Å². The van der Waals surface area contributed by atoms with Crippen LogP contribution in [-0.2, 0) is 4.79 Å². The molecule has 1 N–H and O–H groups in total. The maximum Gasteiger partial charge on any atom is 0.226 e. The van der Waals surface area contributed by atoms with Crippen molar-refractivity contribution in [2.75, 3.05) is 0 Å². The molecule has 0 aromatic carbocycles. The van der Waals surface area contributed by atoms with Gasteiger partial charge in [-0.2, -0.15) is 0 Å². The summed E-state index contributed by atoms with van der Waals surface area (Å²) in [6, 6.07) is 0.492. The molecule has 0 radical (unpaired) electrons. The van der Waals surface area contributed by atoms with Crippen molar-refractivity contribution in [3.8, 4) is 0 Å². The van der Waals surface area contributed by atoms with Gasteiger partial charge in [0.1, 0.15) is 0 Å². The Hall–Kier alpha value is -0.530. The van der Waals surface area contributed by atoms with Crippen molar-refractivity contribution >= 4 is 5.91 Å². The second kappa shape index (κ2) is 3.00. The number of hydrogen-bond donors (Lipinski definition) is 1. The van der Waals surface area contributed by atoms with E-state index in [0.29, 0.717) is 11.9 Å². The number of rotatable bonds is 3. The topological polar surface area (TPSA) is 29.1 Å². The monoisotopic (exact) mass is 181 g/mol. The molecule has 2 aliphatic carbocycles. The predicted molar refractivity (Wildman–Crippen MR) is 52.3 cm³/mol. The number of carbonyl (C=O) groups excluding carboxylic acids is 1. The van der Waals surface area contributed by atoms with Gasteiger partial charge in [-0.05, 0) is 38.0 Å². The van der Waals surface area contributed by atoms with Gasteiger partial charge in [-0.25, -0.2) is 0 Å². The van der Waals surface area contributed by atoms with E-state index in [-0.39, 0.29) is 5.41 Å². The van der Waals surface area contributed by atoms with Gasteiger partial charge in [0.15, 0.2) is 0 Å². The SMILES string of the molecule is CCC1(C(=O)NC2CC(C)C2)CC1. The number of hydrogen-bond acceptors (Lipinski definition) is 1. The first-order valence-electron chi connectivity index (χ1n) is 5.47. The lowest BCUT2D eigenvalue weighted by molar-refractivity contribution is -0.128. The Morgan fingerprint density at radius 2 is 2.08 bits per heavy atom. The summed E-state index contributed by atoms with van der Waals surface area (Å²) in [4.78, 5) is 11.8. The van der Waals surface area contributed by atoms with Crippen molar-refractivity contribution in [2.24, 2.45) is 11.3 Å². The van der Waals surface area contributed by atoms with Crippen LogP contribution in [0.4, 0.5) is 0 Å². The van der Waals surface area contributed by atoms with Gasteiger partial charge < -0.3 is 5.32 Å². The average molecular weight is 181 g/mol. The first kappa shape index (κ1) is 9.04. The Balaban J connectivity index is 1.79. The lowest BCUT2D eigenvalue weighted by Crippen LogP contribution is -2.46. The highest BCUT2D eigenvalue weighted by Gasteiger charge is 2.48. The van der Waals surface area contributed by atoms with E-state index in [0.717, 1.165) is 25.2 Å². The van der Waals surface area contributed by atoms with Gasteiger partial charge in [0.05, 0.1) is 0 Å². The number of amides is 1. The van der Waals surface area contributed by atoms with Gasteiger partial charge in [0.2, 0.25) is 5.91 Å². The first-order chi connectivity index (χ1) is 6.16. The van der Waals surface area contributed by atoms with Crippen LogP contribution in [0.25, 0.3) is 0 Å². The summed E-state index contributed by atoms with van der Waals surface area (Å²) in [6.07, 6.45) is 5.60. The molecule has 74 valence electrons. The molecule has 0 bridgehead atoms. The second-order valence-electron chi connectivity index (χ2n) is 4.88. The zero-order chi connectivity index (χ0) is 9.47. The third-order valence-corrected chi connectivity index (χ3v) is 3.72. The largest absolute Gasteiger partial charge is 0.353 e. The van der Waals surface area contributed by atoms with Crippen LogP contribution < -0.4 is 5.32 Å². The van der Waals surface area contributed by atoms with Crippen LogP contribution in [0.2, 0.25) is 0 Å². The lowest BCUT2D eigenvalue weighted by atomic mass is 9.81. The normalized spacial score (nSPS) is 34.9. The second-order valence-corrected chi connectivity index (χ2v) is 4.88. The van der Waals surface area contributed by atoms with Crippen molar-refractivity contribution in [1.29, 1.82) is 0 Å². The van der Waals surface area contributed by atoms with Crippen LogP contribution in [0.5, 0.6) is 0 Å². The summed E-state index contributed by atoms with van der Waals surface area (Å²) in [7, 11) is 0. The summed E-state index contributed by atoms with van der Waals surface area (Å²) >= 11 is 0. The minimum atomic E-state index is 0.0544. The highest BCUT2D eigenvalue weighted by atomic mass is 16.2. The molecule has 2 saturated carbocycles. The van der Waals surface area contributed by atoms with Crippen LogP contribution >= 0.6 is 0 Å². The number of carbonyl (C=O) groups is 1. The van der Waals surface area contributed by atoms with Gasteiger partial charge in [-0.1, -0.05) is 13.8 Å². The van der Waals surface area contributed by atoms with E-state index >= 15 is 0 Å². The van der Waals surface area contributed by atoms with Crippen molar-refractivity contribution in [2.45, 2.75) is 52.0 Å². The van der Waals surface area contributed by atoms with Crippen LogP contribution in [0.1, 0.15) is 46.0 Å². The first-order valence-corrected chi connectivity index (χ1v) is 5.47. The zero-order valence-electron chi connectivity index (χ0n) is 8.60. The van der Waals surface area contributed by atoms with Gasteiger partial charge in [0.25, 0.3) is 0 Å². The molecule has 0 aromatic heterocycles. The summed E-state index contributed by atoms with van der Waals surface area (Å²) in [5.41, 5.74) is 0.0544. The third-order valence-electron chi connectivity index (χ3n) is 3.72. The van der Waals surface area contributed by atoms with Crippen LogP contribution in [0.3, 0.4) is 0 Å². The summed E-state index contributed by atoms with van der Waals surface area (Å²) in [6.45, 7) is 4.37. The quantitative estimate of drug-likeness (QED) is 0.709. The van der Waals surface area contributed by atoms with Crippen LogP contribution in [0.15, 0.2) is 0 Å². The van der Waals surface area contributed by atoms with Crippen LogP contribution in [-0.4, -0.2) is 11.9 Å². The molecule has 0 saturated heterocycles. The molecule has 2 fully saturated rings. The van der Waals surface area contributed by atoms with Gasteiger partial charge in [-0.3, -0.25) is 4.79 Å². The molecule has 0 atom stereocenters. The van der Waals surface area contributed by atoms with Crippen molar-refractivity contribution in [3.63, 3.8) is 0 Å². The fourth-order valence-corrected chi connectivity index (χ4v) is 2.25. The Bertz CT molecular complexity index is 214. The van der Waals surface area contributed by atoms with E-state index in [4.69, 9.17) is 0 Å². The Labute approximate surface area is 80.1 Å². The van der Waals surface area contributed by atoms with E-state index in [9.17, 15) is 4.79 Å². The average Bonchev–Trinajstić information content (AvgIpc) is 2.81. The van der Waals surface area contributed by atoms with E-state index in [2.05, 4.69) is 19.2 Å². The van der Waals surface area contributed by atoms with Crippen molar-refractivity contribution in [1.82, 2.24) is 5.32 Å². The fourth-order valence-electron chi connectivity index (χ4n) is 2.25. The van der Waals surface area contributed by atoms with Crippen LogP contribution in [0, 0.1) is 11.3 Å². The summed E-state index contributed by atoms with van der Waals surface area (Å²) in [5.74, 6) is 1.15. The molecule has 0 spiro atoms. The minimum Gasteiger partial charge on any atom is -0.353 e. The minimum absolute atomic E-state index is 0.0544. The maximum atomic E-state index is 11.8. The van der Waals surface area contributed by atoms with E-state index in [1.807, 2.05) is 0 Å². The molecular formula is C11H19NO. The van der Waals surface area contributed by atoms with Crippen molar-refractivity contribution < 1.29 is 4.79 Å². The smallest absolute Gasteiger partial charge is 0.226 e. The molecule has 2 rings (SSSR count). The fraction of sp³-hybridized carbons (Fsp3) is 0.909. The standard InChI is InChI=1S/C11H19NO/c1-3-11(4-5-11)10(13)12-9-6-8(2)7-9/h8-9H,3-7H2,1-2H3,(H,12,13). The van der Waals surface area contributed by atoms with Gasteiger partial charge >= 0.3 is 0 Å². The third kappa shape index (κ3) is 1.59. The molecule has 2 aliphatic rings. The zero-order valence-corrected chi connectivity index (χ0v) is 8.60.